The number of ether oxygens (including phenoxy) is 2. The first kappa shape index (κ1) is 15.6. The summed E-state index contributed by atoms with van der Waals surface area (Å²) in [6, 6.07) is 4.97. The maximum Gasteiger partial charge on any atom is 0.412 e. The fraction of sp³-hybridized carbons (Fsp3) is 0.462. The van der Waals surface area contributed by atoms with Crippen molar-refractivity contribution in [2.45, 2.75) is 26.4 Å². The van der Waals surface area contributed by atoms with Gasteiger partial charge in [0.05, 0.1) is 10.7 Å². The van der Waals surface area contributed by atoms with Gasteiger partial charge in [0.1, 0.15) is 18.0 Å². The van der Waals surface area contributed by atoms with Crippen molar-refractivity contribution in [2.75, 3.05) is 18.5 Å². The summed E-state index contributed by atoms with van der Waals surface area (Å²) in [4.78, 5) is 11.6. The smallest absolute Gasteiger partial charge is 0.412 e. The van der Waals surface area contributed by atoms with Crippen molar-refractivity contribution in [3.8, 4) is 5.75 Å². The lowest BCUT2D eigenvalue weighted by Crippen LogP contribution is -2.27. The fourth-order valence-electron chi connectivity index (χ4n) is 1.28. The van der Waals surface area contributed by atoms with Gasteiger partial charge in [-0.2, -0.15) is 0 Å². The number of carbonyl (C=O) groups is 1. The highest BCUT2D eigenvalue weighted by atomic mass is 35.5. The molecule has 1 amide bonds. The molecule has 0 heterocycles. The summed E-state index contributed by atoms with van der Waals surface area (Å²) < 4.78 is 10.5. The normalized spacial score (nSPS) is 11.0. The standard InChI is InChI=1S/C13H19ClN2O3/c1-13(2,3)19-12(17)16-11-5-4-9(8-10(11)14)18-7-6-15/h4-5,8H,6-7,15H2,1-3H3,(H,16,17). The number of hydrogen-bond acceptors (Lipinski definition) is 4. The van der Waals surface area contributed by atoms with E-state index >= 15 is 0 Å². The lowest BCUT2D eigenvalue weighted by atomic mass is 10.2. The predicted octanol–water partition coefficient (Wildman–Crippen LogP) is 3.02. The molecule has 3 N–H and O–H groups in total. The van der Waals surface area contributed by atoms with E-state index in [-0.39, 0.29) is 0 Å². The molecular formula is C13H19ClN2O3. The van der Waals surface area contributed by atoms with Crippen molar-refractivity contribution < 1.29 is 14.3 Å². The van der Waals surface area contributed by atoms with Gasteiger partial charge in [-0.25, -0.2) is 4.79 Å². The molecule has 0 radical (unpaired) electrons. The molecule has 0 aliphatic heterocycles. The van der Waals surface area contributed by atoms with Crippen LogP contribution in [0.25, 0.3) is 0 Å². The quantitative estimate of drug-likeness (QED) is 0.892. The lowest BCUT2D eigenvalue weighted by molar-refractivity contribution is 0.0636. The van der Waals surface area contributed by atoms with E-state index in [1.165, 1.54) is 0 Å². The van der Waals surface area contributed by atoms with E-state index in [1.807, 2.05) is 0 Å². The second-order valence-corrected chi connectivity index (χ2v) is 5.31. The topological polar surface area (TPSA) is 73.6 Å². The summed E-state index contributed by atoms with van der Waals surface area (Å²) in [7, 11) is 0. The Morgan fingerprint density at radius 1 is 1.42 bits per heavy atom. The zero-order valence-electron chi connectivity index (χ0n) is 11.3. The van der Waals surface area contributed by atoms with E-state index < -0.39 is 11.7 Å². The Balaban J connectivity index is 2.67. The number of anilines is 1. The minimum absolute atomic E-state index is 0.375. The van der Waals surface area contributed by atoms with Crippen molar-refractivity contribution in [1.82, 2.24) is 0 Å². The van der Waals surface area contributed by atoms with Crippen LogP contribution in [-0.2, 0) is 4.74 Å². The second kappa shape index (κ2) is 6.63. The van der Waals surface area contributed by atoms with Gasteiger partial charge in [-0.1, -0.05) is 11.6 Å². The maximum atomic E-state index is 11.6. The lowest BCUT2D eigenvalue weighted by Gasteiger charge is -2.20. The van der Waals surface area contributed by atoms with Gasteiger partial charge in [-0.15, -0.1) is 0 Å². The molecule has 106 valence electrons. The van der Waals surface area contributed by atoms with Gasteiger partial charge in [-0.05, 0) is 32.9 Å². The number of benzene rings is 1. The van der Waals surface area contributed by atoms with E-state index in [1.54, 1.807) is 39.0 Å². The van der Waals surface area contributed by atoms with Crippen molar-refractivity contribution >= 4 is 23.4 Å². The number of nitrogens with one attached hydrogen (secondary N) is 1. The number of carbonyl (C=O) groups excluding carboxylic acids is 1. The molecule has 6 heteroatoms. The first-order valence-electron chi connectivity index (χ1n) is 5.94. The zero-order chi connectivity index (χ0) is 14.5. The van der Waals surface area contributed by atoms with Crippen LogP contribution < -0.4 is 15.8 Å². The maximum absolute atomic E-state index is 11.6. The van der Waals surface area contributed by atoms with Gasteiger partial charge in [0.25, 0.3) is 0 Å². The molecule has 1 aromatic carbocycles. The average Bonchev–Trinajstić information content (AvgIpc) is 2.27. The van der Waals surface area contributed by atoms with Crippen molar-refractivity contribution in [1.29, 1.82) is 0 Å². The summed E-state index contributed by atoms with van der Waals surface area (Å²) >= 11 is 6.04. The molecule has 0 unspecified atom stereocenters. The molecule has 0 saturated carbocycles. The second-order valence-electron chi connectivity index (χ2n) is 4.91. The molecule has 0 aliphatic rings. The first-order valence-corrected chi connectivity index (χ1v) is 6.32. The number of hydrogen-bond donors (Lipinski definition) is 2. The van der Waals surface area contributed by atoms with E-state index in [0.717, 1.165) is 0 Å². The van der Waals surface area contributed by atoms with Crippen LogP contribution in [0.15, 0.2) is 18.2 Å². The largest absolute Gasteiger partial charge is 0.492 e. The van der Waals surface area contributed by atoms with E-state index in [2.05, 4.69) is 5.32 Å². The minimum Gasteiger partial charge on any atom is -0.492 e. The van der Waals surface area contributed by atoms with Gasteiger partial charge < -0.3 is 15.2 Å². The number of rotatable bonds is 4. The minimum atomic E-state index is -0.555. The van der Waals surface area contributed by atoms with Crippen LogP contribution in [-0.4, -0.2) is 24.8 Å². The molecular weight excluding hydrogens is 268 g/mol. The Morgan fingerprint density at radius 3 is 2.63 bits per heavy atom. The van der Waals surface area contributed by atoms with Gasteiger partial charge in [-0.3, -0.25) is 5.32 Å². The van der Waals surface area contributed by atoms with Gasteiger partial charge in [0.15, 0.2) is 0 Å². The monoisotopic (exact) mass is 286 g/mol. The Bertz CT molecular complexity index is 444. The molecule has 1 aromatic rings. The van der Waals surface area contributed by atoms with Crippen LogP contribution in [0, 0.1) is 0 Å². The SMILES string of the molecule is CC(C)(C)OC(=O)Nc1ccc(OCCN)cc1Cl. The third kappa shape index (κ3) is 5.81. The van der Waals surface area contributed by atoms with Crippen molar-refractivity contribution in [2.24, 2.45) is 5.73 Å². The summed E-state index contributed by atoms with van der Waals surface area (Å²) in [6.45, 7) is 6.21. The Hall–Kier alpha value is -1.46. The van der Waals surface area contributed by atoms with Crippen LogP contribution in [0.1, 0.15) is 20.8 Å². The molecule has 0 aromatic heterocycles. The molecule has 19 heavy (non-hydrogen) atoms. The molecule has 0 saturated heterocycles. The van der Waals surface area contributed by atoms with E-state index in [4.69, 9.17) is 26.8 Å². The number of halogens is 1. The molecule has 0 spiro atoms. The van der Waals surface area contributed by atoms with Crippen molar-refractivity contribution in [3.05, 3.63) is 23.2 Å². The van der Waals surface area contributed by atoms with Crippen LogP contribution in [0.5, 0.6) is 5.75 Å². The third-order valence-corrected chi connectivity index (χ3v) is 2.28. The molecule has 0 atom stereocenters. The number of nitrogens with two attached hydrogens (primary N) is 1. The first-order chi connectivity index (χ1) is 8.81. The fourth-order valence-corrected chi connectivity index (χ4v) is 1.50. The highest BCUT2D eigenvalue weighted by molar-refractivity contribution is 6.33. The molecule has 0 fully saturated rings. The highest BCUT2D eigenvalue weighted by Crippen LogP contribution is 2.27. The summed E-state index contributed by atoms with van der Waals surface area (Å²) in [5.41, 5.74) is 5.25. The van der Waals surface area contributed by atoms with Gasteiger partial charge in [0, 0.05) is 12.6 Å². The predicted molar refractivity (Wildman–Crippen MR) is 75.9 cm³/mol. The summed E-state index contributed by atoms with van der Waals surface area (Å²) in [5.74, 6) is 0.602. The van der Waals surface area contributed by atoms with Crippen molar-refractivity contribution in [3.63, 3.8) is 0 Å². The number of amides is 1. The third-order valence-electron chi connectivity index (χ3n) is 1.96. The van der Waals surface area contributed by atoms with E-state index in [9.17, 15) is 4.79 Å². The molecule has 0 bridgehead atoms. The Kier molecular flexibility index (Phi) is 5.44. The van der Waals surface area contributed by atoms with E-state index in [0.29, 0.717) is 29.6 Å². The van der Waals surface area contributed by atoms with Crippen LogP contribution in [0.4, 0.5) is 10.5 Å². The molecule has 0 aliphatic carbocycles. The van der Waals surface area contributed by atoms with Crippen LogP contribution in [0.3, 0.4) is 0 Å². The van der Waals surface area contributed by atoms with Crippen LogP contribution in [0.2, 0.25) is 5.02 Å². The average molecular weight is 287 g/mol. The van der Waals surface area contributed by atoms with Gasteiger partial charge >= 0.3 is 6.09 Å². The van der Waals surface area contributed by atoms with Crippen LogP contribution >= 0.6 is 11.6 Å². The van der Waals surface area contributed by atoms with Gasteiger partial charge in [0.2, 0.25) is 0 Å². The Labute approximate surface area is 118 Å². The summed E-state index contributed by atoms with van der Waals surface area (Å²) in [6.07, 6.45) is -0.551. The molecule has 1 rings (SSSR count). The Morgan fingerprint density at radius 2 is 2.11 bits per heavy atom. The molecule has 5 nitrogen and oxygen atoms in total. The zero-order valence-corrected chi connectivity index (χ0v) is 12.1. The summed E-state index contributed by atoms with van der Waals surface area (Å²) in [5, 5.41) is 2.95. The highest BCUT2D eigenvalue weighted by Gasteiger charge is 2.17.